The van der Waals surface area contributed by atoms with Crippen molar-refractivity contribution in [3.63, 3.8) is 0 Å². The van der Waals surface area contributed by atoms with Gasteiger partial charge in [0.2, 0.25) is 0 Å². The number of furan rings is 1. The zero-order valence-corrected chi connectivity index (χ0v) is 18.0. The van der Waals surface area contributed by atoms with Crippen LogP contribution in [0.3, 0.4) is 0 Å². The molecule has 1 aliphatic rings. The summed E-state index contributed by atoms with van der Waals surface area (Å²) >= 11 is 5.17. The minimum atomic E-state index is -0.482. The maximum Gasteiger partial charge on any atom is 0.293 e. The van der Waals surface area contributed by atoms with Crippen molar-refractivity contribution in [1.82, 2.24) is 10.2 Å². The van der Waals surface area contributed by atoms with Crippen molar-refractivity contribution in [1.29, 1.82) is 0 Å². The molecule has 162 valence electrons. The molecule has 4 rings (SSSR count). The summed E-state index contributed by atoms with van der Waals surface area (Å²) in [5, 5.41) is 6.22. The summed E-state index contributed by atoms with van der Waals surface area (Å²) in [6, 6.07) is 13.5. The summed E-state index contributed by atoms with van der Waals surface area (Å²) in [5.74, 6) is -0.165. The van der Waals surface area contributed by atoms with Gasteiger partial charge >= 0.3 is 0 Å². The van der Waals surface area contributed by atoms with Crippen LogP contribution in [0.2, 0.25) is 0 Å². The molecule has 0 unspecified atom stereocenters. The monoisotopic (exact) mass is 441 g/mol. The molecule has 8 heteroatoms. The summed E-state index contributed by atoms with van der Waals surface area (Å²) < 4.78 is 25.6. The Morgan fingerprint density at radius 2 is 2.00 bits per heavy atom. The van der Waals surface area contributed by atoms with E-state index in [9.17, 15) is 9.18 Å². The van der Waals surface area contributed by atoms with E-state index in [2.05, 4.69) is 22.6 Å². The van der Waals surface area contributed by atoms with Crippen LogP contribution in [-0.2, 0) is 0 Å². The van der Waals surface area contributed by atoms with Gasteiger partial charge in [-0.1, -0.05) is 18.2 Å². The summed E-state index contributed by atoms with van der Waals surface area (Å²) in [6.45, 7) is 2.58. The number of fused-ring (bicyclic) bond motifs is 1. The number of likely N-dealkylation sites (tertiary alicyclic amines) is 1. The van der Waals surface area contributed by atoms with Crippen LogP contribution in [-0.4, -0.2) is 42.7 Å². The highest BCUT2D eigenvalue weighted by Crippen LogP contribution is 2.24. The van der Waals surface area contributed by atoms with Crippen LogP contribution in [0.5, 0.6) is 5.75 Å². The van der Waals surface area contributed by atoms with E-state index in [1.165, 1.54) is 6.07 Å². The third kappa shape index (κ3) is 5.39. The smallest absolute Gasteiger partial charge is 0.293 e. The van der Waals surface area contributed by atoms with Gasteiger partial charge in [-0.25, -0.2) is 4.39 Å². The van der Waals surface area contributed by atoms with E-state index in [0.29, 0.717) is 23.8 Å². The molecule has 0 radical (unpaired) electrons. The summed E-state index contributed by atoms with van der Waals surface area (Å²) in [4.78, 5) is 14.6. The number of rotatable bonds is 5. The fourth-order valence-electron chi connectivity index (χ4n) is 3.55. The number of thiocarbonyl (C=S) groups is 1. The van der Waals surface area contributed by atoms with Gasteiger partial charge in [0.15, 0.2) is 22.4 Å². The van der Waals surface area contributed by atoms with Crippen LogP contribution in [0.4, 0.5) is 10.1 Å². The highest BCUT2D eigenvalue weighted by molar-refractivity contribution is 7.80. The lowest BCUT2D eigenvalue weighted by Gasteiger charge is -2.28. The predicted octanol–water partition coefficient (Wildman–Crippen LogP) is 4.42. The van der Waals surface area contributed by atoms with Crippen molar-refractivity contribution >= 4 is 39.9 Å². The highest BCUT2D eigenvalue weighted by atomic mass is 32.1. The Labute approximate surface area is 185 Å². The first-order valence-corrected chi connectivity index (χ1v) is 10.6. The Morgan fingerprint density at radius 3 is 2.74 bits per heavy atom. The molecule has 1 aliphatic heterocycles. The van der Waals surface area contributed by atoms with E-state index in [-0.39, 0.29) is 16.6 Å². The molecule has 1 amide bonds. The number of piperidine rings is 1. The van der Waals surface area contributed by atoms with Crippen molar-refractivity contribution in [3.05, 3.63) is 60.1 Å². The quantitative estimate of drug-likeness (QED) is 0.572. The minimum Gasteiger partial charge on any atom is -0.490 e. The molecule has 1 saturated heterocycles. The van der Waals surface area contributed by atoms with Crippen LogP contribution < -0.4 is 15.4 Å². The van der Waals surface area contributed by atoms with Gasteiger partial charge in [0.1, 0.15) is 5.58 Å². The molecular weight excluding hydrogens is 417 g/mol. The van der Waals surface area contributed by atoms with Gasteiger partial charge < -0.3 is 19.4 Å². The largest absolute Gasteiger partial charge is 0.490 e. The summed E-state index contributed by atoms with van der Waals surface area (Å²) in [5.41, 5.74) is 1.03. The Balaban J connectivity index is 1.30. The SMILES string of the molecule is CN1CCC(COc2ccc(NC(=S)NC(=O)c3cc4ccccc4o3)cc2F)CC1. The first kappa shape index (κ1) is 21.3. The van der Waals surface area contributed by atoms with Crippen LogP contribution in [0.25, 0.3) is 11.0 Å². The molecule has 6 nitrogen and oxygen atoms in total. The number of amides is 1. The second-order valence-electron chi connectivity index (χ2n) is 7.76. The average molecular weight is 442 g/mol. The van der Waals surface area contributed by atoms with Crippen molar-refractivity contribution in [3.8, 4) is 5.75 Å². The molecule has 0 atom stereocenters. The number of hydrogen-bond donors (Lipinski definition) is 2. The number of para-hydroxylation sites is 1. The van der Waals surface area contributed by atoms with Crippen LogP contribution >= 0.6 is 12.2 Å². The van der Waals surface area contributed by atoms with Crippen molar-refractivity contribution in [2.24, 2.45) is 5.92 Å². The molecule has 1 fully saturated rings. The fraction of sp³-hybridized carbons (Fsp3) is 0.304. The van der Waals surface area contributed by atoms with E-state index in [0.717, 1.165) is 31.3 Å². The molecular formula is C23H24FN3O3S. The Morgan fingerprint density at radius 1 is 1.23 bits per heavy atom. The van der Waals surface area contributed by atoms with E-state index in [1.807, 2.05) is 18.2 Å². The van der Waals surface area contributed by atoms with Gasteiger partial charge in [0.05, 0.1) is 6.61 Å². The molecule has 3 aromatic rings. The number of hydrogen-bond acceptors (Lipinski definition) is 5. The summed E-state index contributed by atoms with van der Waals surface area (Å²) in [6.07, 6.45) is 2.11. The lowest BCUT2D eigenvalue weighted by atomic mass is 9.98. The van der Waals surface area contributed by atoms with E-state index >= 15 is 0 Å². The normalized spacial score (nSPS) is 15.0. The maximum atomic E-state index is 14.4. The second-order valence-corrected chi connectivity index (χ2v) is 8.17. The molecule has 2 aromatic carbocycles. The molecule has 2 heterocycles. The number of anilines is 1. The lowest BCUT2D eigenvalue weighted by molar-refractivity contribution is 0.0953. The van der Waals surface area contributed by atoms with Crippen molar-refractivity contribution in [2.75, 3.05) is 32.1 Å². The third-order valence-electron chi connectivity index (χ3n) is 5.38. The fourth-order valence-corrected chi connectivity index (χ4v) is 3.76. The zero-order chi connectivity index (χ0) is 21.8. The van der Waals surface area contributed by atoms with E-state index in [1.54, 1.807) is 24.3 Å². The molecule has 31 heavy (non-hydrogen) atoms. The van der Waals surface area contributed by atoms with Gasteiger partial charge in [-0.05, 0) is 75.4 Å². The molecule has 1 aromatic heterocycles. The molecule has 0 spiro atoms. The van der Waals surface area contributed by atoms with Crippen LogP contribution in [0, 0.1) is 11.7 Å². The van der Waals surface area contributed by atoms with Crippen LogP contribution in [0.1, 0.15) is 23.4 Å². The van der Waals surface area contributed by atoms with Crippen LogP contribution in [0.15, 0.2) is 52.9 Å². The number of ether oxygens (including phenoxy) is 1. The molecule has 0 saturated carbocycles. The predicted molar refractivity (Wildman–Crippen MR) is 122 cm³/mol. The number of carbonyl (C=O) groups is 1. The third-order valence-corrected chi connectivity index (χ3v) is 5.58. The van der Waals surface area contributed by atoms with Crippen molar-refractivity contribution < 1.29 is 18.3 Å². The average Bonchev–Trinajstić information content (AvgIpc) is 3.19. The van der Waals surface area contributed by atoms with Crippen molar-refractivity contribution in [2.45, 2.75) is 12.8 Å². The number of carbonyl (C=O) groups excluding carboxylic acids is 1. The number of nitrogens with zero attached hydrogens (tertiary/aromatic N) is 1. The highest BCUT2D eigenvalue weighted by Gasteiger charge is 2.18. The second kappa shape index (κ2) is 9.45. The number of halogens is 1. The first-order chi connectivity index (χ1) is 15.0. The lowest BCUT2D eigenvalue weighted by Crippen LogP contribution is -2.33. The molecule has 2 N–H and O–H groups in total. The standard InChI is InChI=1S/C23H24FN3O3S/c1-27-10-8-15(9-11-27)14-29-20-7-6-17(13-18(20)24)25-23(31)26-22(28)21-12-16-4-2-3-5-19(16)30-21/h2-7,12-13,15H,8-11,14H2,1H3,(H2,25,26,28,31). The maximum absolute atomic E-state index is 14.4. The zero-order valence-electron chi connectivity index (χ0n) is 17.2. The Hall–Kier alpha value is -2.97. The van der Waals surface area contributed by atoms with Gasteiger partial charge in [-0.3, -0.25) is 10.1 Å². The van der Waals surface area contributed by atoms with E-state index in [4.69, 9.17) is 21.4 Å². The minimum absolute atomic E-state index is 0.0462. The van der Waals surface area contributed by atoms with Gasteiger partial charge in [0.25, 0.3) is 5.91 Å². The topological polar surface area (TPSA) is 66.7 Å². The first-order valence-electron chi connectivity index (χ1n) is 10.2. The summed E-state index contributed by atoms with van der Waals surface area (Å²) in [7, 11) is 2.10. The van der Waals surface area contributed by atoms with E-state index < -0.39 is 11.7 Å². The van der Waals surface area contributed by atoms with Gasteiger partial charge in [-0.2, -0.15) is 0 Å². The van der Waals surface area contributed by atoms with Gasteiger partial charge in [0, 0.05) is 17.1 Å². The Bertz CT molecular complexity index is 1060. The number of benzene rings is 2. The molecule has 0 aliphatic carbocycles. The molecule has 0 bridgehead atoms. The number of nitrogens with one attached hydrogen (secondary N) is 2. The van der Waals surface area contributed by atoms with Gasteiger partial charge in [-0.15, -0.1) is 0 Å². The Kier molecular flexibility index (Phi) is 6.48.